The molecule has 0 aromatic carbocycles. The summed E-state index contributed by atoms with van der Waals surface area (Å²) in [7, 11) is 5.06. The zero-order valence-corrected chi connectivity index (χ0v) is 7.81. The fourth-order valence-electron chi connectivity index (χ4n) is 1.88. The predicted octanol–water partition coefficient (Wildman–Crippen LogP) is -0.709. The van der Waals surface area contributed by atoms with Gasteiger partial charge in [0.2, 0.25) is 0 Å². The maximum atomic E-state index is 11.4. The number of urea groups is 2. The normalized spacial score (nSPS) is 32.7. The fraction of sp³-hybridized carbons (Fsp3) is 0.714. The average molecular weight is 184 g/mol. The van der Waals surface area contributed by atoms with Crippen molar-refractivity contribution in [1.82, 2.24) is 20.0 Å². The SMILES string of the molecule is CN1C(=O)N[C@@H]2[C@@H]1N(C)C(=O)N2C. The molecule has 0 spiro atoms. The predicted molar refractivity (Wildman–Crippen MR) is 44.8 cm³/mol. The van der Waals surface area contributed by atoms with Gasteiger partial charge in [0, 0.05) is 21.1 Å². The van der Waals surface area contributed by atoms with Gasteiger partial charge < -0.3 is 20.0 Å². The zero-order chi connectivity index (χ0) is 9.75. The fourth-order valence-corrected chi connectivity index (χ4v) is 1.88. The maximum absolute atomic E-state index is 11.4. The summed E-state index contributed by atoms with van der Waals surface area (Å²) < 4.78 is 0. The van der Waals surface area contributed by atoms with E-state index in [-0.39, 0.29) is 24.4 Å². The van der Waals surface area contributed by atoms with Gasteiger partial charge in [0.05, 0.1) is 0 Å². The molecular weight excluding hydrogens is 172 g/mol. The minimum atomic E-state index is -0.213. The van der Waals surface area contributed by atoms with Crippen molar-refractivity contribution in [3.63, 3.8) is 0 Å². The van der Waals surface area contributed by atoms with E-state index in [1.807, 2.05) is 0 Å². The zero-order valence-electron chi connectivity index (χ0n) is 7.81. The second-order valence-corrected chi connectivity index (χ2v) is 3.42. The number of hydrogen-bond acceptors (Lipinski definition) is 2. The molecule has 2 aliphatic rings. The third kappa shape index (κ3) is 0.824. The molecule has 2 rings (SSSR count). The van der Waals surface area contributed by atoms with Crippen LogP contribution in [0.25, 0.3) is 0 Å². The van der Waals surface area contributed by atoms with Gasteiger partial charge in [-0.1, -0.05) is 0 Å². The Hall–Kier alpha value is -1.46. The number of carbonyl (C=O) groups is 2. The molecular formula is C7H12N4O2. The molecule has 13 heavy (non-hydrogen) atoms. The average Bonchev–Trinajstić information content (AvgIpc) is 2.48. The third-order valence-corrected chi connectivity index (χ3v) is 2.69. The van der Waals surface area contributed by atoms with Crippen LogP contribution in [0.3, 0.4) is 0 Å². The lowest BCUT2D eigenvalue weighted by molar-refractivity contribution is 0.161. The van der Waals surface area contributed by atoms with Crippen molar-refractivity contribution in [3.8, 4) is 0 Å². The summed E-state index contributed by atoms with van der Waals surface area (Å²) in [5.41, 5.74) is 0. The number of amides is 4. The highest BCUT2D eigenvalue weighted by Crippen LogP contribution is 2.24. The Labute approximate surface area is 76.1 Å². The molecule has 2 heterocycles. The summed E-state index contributed by atoms with van der Waals surface area (Å²) in [6.07, 6.45) is -0.389. The highest BCUT2D eigenvalue weighted by atomic mass is 16.2. The summed E-state index contributed by atoms with van der Waals surface area (Å²) in [6.45, 7) is 0. The first-order valence-electron chi connectivity index (χ1n) is 4.07. The van der Waals surface area contributed by atoms with Gasteiger partial charge in [0.1, 0.15) is 12.3 Å². The summed E-state index contributed by atoms with van der Waals surface area (Å²) in [4.78, 5) is 27.3. The summed E-state index contributed by atoms with van der Waals surface area (Å²) in [5.74, 6) is 0. The molecule has 2 atom stereocenters. The number of nitrogens with one attached hydrogen (secondary N) is 1. The minimum absolute atomic E-state index is 0.0677. The van der Waals surface area contributed by atoms with E-state index in [1.165, 1.54) is 9.80 Å². The summed E-state index contributed by atoms with van der Waals surface area (Å²) in [6, 6.07) is -0.206. The van der Waals surface area contributed by atoms with Gasteiger partial charge in [-0.2, -0.15) is 0 Å². The molecule has 0 saturated carbocycles. The first kappa shape index (κ1) is 8.15. The first-order valence-corrected chi connectivity index (χ1v) is 4.07. The lowest BCUT2D eigenvalue weighted by Gasteiger charge is -2.22. The van der Waals surface area contributed by atoms with Gasteiger partial charge in [-0.15, -0.1) is 0 Å². The van der Waals surface area contributed by atoms with E-state index in [9.17, 15) is 9.59 Å². The van der Waals surface area contributed by atoms with Crippen LogP contribution >= 0.6 is 0 Å². The van der Waals surface area contributed by atoms with Crippen molar-refractivity contribution < 1.29 is 9.59 Å². The number of nitrogens with zero attached hydrogens (tertiary/aromatic N) is 3. The molecule has 0 radical (unpaired) electrons. The highest BCUT2D eigenvalue weighted by Gasteiger charge is 2.50. The molecule has 6 heteroatoms. The number of rotatable bonds is 0. The topological polar surface area (TPSA) is 55.9 Å². The molecule has 0 aromatic rings. The largest absolute Gasteiger partial charge is 0.323 e. The Morgan fingerprint density at radius 1 is 1.08 bits per heavy atom. The van der Waals surface area contributed by atoms with Crippen molar-refractivity contribution in [1.29, 1.82) is 0 Å². The van der Waals surface area contributed by atoms with Crippen molar-refractivity contribution in [3.05, 3.63) is 0 Å². The molecule has 1 N–H and O–H groups in total. The standard InChI is InChI=1S/C7H12N4O2/c1-9-4-5(11(3)7(9)13)10(2)6(12)8-4/h4-5H,1-3H3,(H,8,12)/t4-,5-/m0/s1. The maximum Gasteiger partial charge on any atom is 0.323 e. The van der Waals surface area contributed by atoms with E-state index >= 15 is 0 Å². The van der Waals surface area contributed by atoms with Crippen LogP contribution in [-0.2, 0) is 0 Å². The Morgan fingerprint density at radius 2 is 1.69 bits per heavy atom. The van der Waals surface area contributed by atoms with Gasteiger partial charge in [0.15, 0.2) is 0 Å². The molecule has 2 aliphatic heterocycles. The van der Waals surface area contributed by atoms with Crippen LogP contribution in [-0.4, -0.2) is 60.2 Å². The van der Waals surface area contributed by atoms with Crippen LogP contribution < -0.4 is 5.32 Å². The van der Waals surface area contributed by atoms with Crippen LogP contribution in [0.15, 0.2) is 0 Å². The van der Waals surface area contributed by atoms with Crippen LogP contribution in [0, 0.1) is 0 Å². The molecule has 4 amide bonds. The van der Waals surface area contributed by atoms with Crippen molar-refractivity contribution in [2.45, 2.75) is 12.3 Å². The Bertz CT molecular complexity index is 280. The molecule has 0 bridgehead atoms. The first-order chi connectivity index (χ1) is 6.04. The molecule has 0 aromatic heterocycles. The summed E-state index contributed by atoms with van der Waals surface area (Å²) in [5, 5.41) is 2.73. The lowest BCUT2D eigenvalue weighted by atomic mass is 10.4. The Kier molecular flexibility index (Phi) is 1.43. The van der Waals surface area contributed by atoms with E-state index in [0.29, 0.717) is 0 Å². The van der Waals surface area contributed by atoms with Gasteiger partial charge in [-0.05, 0) is 0 Å². The Balaban J connectivity index is 2.32. The molecule has 2 saturated heterocycles. The van der Waals surface area contributed by atoms with Gasteiger partial charge in [-0.25, -0.2) is 9.59 Å². The van der Waals surface area contributed by atoms with E-state index in [2.05, 4.69) is 5.32 Å². The van der Waals surface area contributed by atoms with Gasteiger partial charge in [0.25, 0.3) is 0 Å². The van der Waals surface area contributed by atoms with Gasteiger partial charge >= 0.3 is 12.1 Å². The summed E-state index contributed by atoms with van der Waals surface area (Å²) >= 11 is 0. The van der Waals surface area contributed by atoms with Crippen molar-refractivity contribution >= 4 is 12.1 Å². The Morgan fingerprint density at radius 3 is 2.23 bits per heavy atom. The van der Waals surface area contributed by atoms with Crippen molar-refractivity contribution in [2.24, 2.45) is 0 Å². The van der Waals surface area contributed by atoms with Crippen LogP contribution in [0.2, 0.25) is 0 Å². The quantitative estimate of drug-likeness (QED) is 0.540. The smallest absolute Gasteiger partial charge is 0.314 e. The van der Waals surface area contributed by atoms with Gasteiger partial charge in [-0.3, -0.25) is 0 Å². The monoisotopic (exact) mass is 184 g/mol. The lowest BCUT2D eigenvalue weighted by Crippen LogP contribution is -2.42. The van der Waals surface area contributed by atoms with E-state index in [0.717, 1.165) is 0 Å². The van der Waals surface area contributed by atoms with E-state index in [1.54, 1.807) is 26.0 Å². The second-order valence-electron chi connectivity index (χ2n) is 3.42. The highest BCUT2D eigenvalue weighted by molar-refractivity contribution is 5.84. The van der Waals surface area contributed by atoms with Crippen molar-refractivity contribution in [2.75, 3.05) is 21.1 Å². The minimum Gasteiger partial charge on any atom is -0.314 e. The number of carbonyl (C=O) groups excluding carboxylic acids is 2. The molecule has 0 unspecified atom stereocenters. The van der Waals surface area contributed by atoms with Crippen LogP contribution in [0.5, 0.6) is 0 Å². The number of likely N-dealkylation sites (N-methyl/N-ethyl adjacent to an activating group) is 3. The van der Waals surface area contributed by atoms with Crippen LogP contribution in [0.4, 0.5) is 9.59 Å². The van der Waals surface area contributed by atoms with E-state index in [4.69, 9.17) is 0 Å². The molecule has 2 fully saturated rings. The third-order valence-electron chi connectivity index (χ3n) is 2.69. The number of hydrogen-bond donors (Lipinski definition) is 1. The van der Waals surface area contributed by atoms with E-state index < -0.39 is 0 Å². The molecule has 0 aliphatic carbocycles. The second kappa shape index (κ2) is 2.27. The van der Waals surface area contributed by atoms with Crippen LogP contribution in [0.1, 0.15) is 0 Å². The number of fused-ring (bicyclic) bond motifs is 1. The molecule has 6 nitrogen and oxygen atoms in total. The molecule has 72 valence electrons.